The summed E-state index contributed by atoms with van der Waals surface area (Å²) in [7, 11) is 0. The van der Waals surface area contributed by atoms with Crippen molar-refractivity contribution in [2.75, 3.05) is 23.9 Å². The molecule has 0 bridgehead atoms. The van der Waals surface area contributed by atoms with E-state index >= 15 is 0 Å². The van der Waals surface area contributed by atoms with Crippen LogP contribution in [0.2, 0.25) is 0 Å². The average molecular weight is 446 g/mol. The summed E-state index contributed by atoms with van der Waals surface area (Å²) in [6, 6.07) is 18.7. The lowest BCUT2D eigenvalue weighted by Crippen LogP contribution is -2.42. The summed E-state index contributed by atoms with van der Waals surface area (Å²) in [6.07, 6.45) is 2.41. The maximum Gasteiger partial charge on any atom is 0.224 e. The van der Waals surface area contributed by atoms with Gasteiger partial charge in [0.15, 0.2) is 0 Å². The zero-order valence-electron chi connectivity index (χ0n) is 17.5. The minimum absolute atomic E-state index is 0.0314. The molecule has 0 heterocycles. The van der Waals surface area contributed by atoms with E-state index in [2.05, 4.69) is 12.2 Å². The lowest BCUT2D eigenvalue weighted by molar-refractivity contribution is -0.125. The third kappa shape index (κ3) is 8.94. The molecule has 0 aromatic heterocycles. The van der Waals surface area contributed by atoms with E-state index in [0.29, 0.717) is 17.7 Å². The number of benzene rings is 2. The van der Waals surface area contributed by atoms with Gasteiger partial charge in [0.2, 0.25) is 11.0 Å². The first kappa shape index (κ1) is 24.5. The molecule has 4 nitrogen and oxygen atoms in total. The van der Waals surface area contributed by atoms with Gasteiger partial charge in [0.25, 0.3) is 0 Å². The van der Waals surface area contributed by atoms with Crippen LogP contribution in [0.25, 0.3) is 0 Å². The summed E-state index contributed by atoms with van der Waals surface area (Å²) >= 11 is 3.01. The number of aliphatic hydroxyl groups excluding tert-OH is 1. The van der Waals surface area contributed by atoms with Crippen molar-refractivity contribution in [1.29, 1.82) is 0 Å². The molecule has 2 atom stereocenters. The quantitative estimate of drug-likeness (QED) is 0.447. The van der Waals surface area contributed by atoms with Crippen LogP contribution in [0.1, 0.15) is 35.7 Å². The van der Waals surface area contributed by atoms with Crippen molar-refractivity contribution in [2.45, 2.75) is 32.2 Å². The fourth-order valence-electron chi connectivity index (χ4n) is 2.96. The topological polar surface area (TPSA) is 66.4 Å². The largest absolute Gasteiger partial charge is 0.394 e. The van der Waals surface area contributed by atoms with Gasteiger partial charge >= 0.3 is 0 Å². The zero-order chi connectivity index (χ0) is 21.6. The lowest BCUT2D eigenvalue weighted by atomic mass is 9.99. The second-order valence-electron chi connectivity index (χ2n) is 7.14. The van der Waals surface area contributed by atoms with Gasteiger partial charge in [-0.2, -0.15) is 11.8 Å². The molecule has 2 aromatic rings. The molecule has 0 unspecified atom stereocenters. The first-order valence-corrected chi connectivity index (χ1v) is 12.5. The molecule has 162 valence electrons. The summed E-state index contributed by atoms with van der Waals surface area (Å²) in [5.41, 5.74) is 1.70. The molecule has 2 N–H and O–H groups in total. The van der Waals surface area contributed by atoms with E-state index in [1.54, 1.807) is 12.1 Å². The fourth-order valence-corrected chi connectivity index (χ4v) is 4.83. The Balaban J connectivity index is 1.98. The Morgan fingerprint density at radius 2 is 1.67 bits per heavy atom. The third-order valence-electron chi connectivity index (χ3n) is 4.65. The molecule has 0 spiro atoms. The molecule has 0 aliphatic rings. The summed E-state index contributed by atoms with van der Waals surface area (Å²) < 4.78 is 0. The number of hydrogen-bond acceptors (Lipinski definition) is 5. The number of carbonyl (C=O) groups is 2. The number of thioether (sulfide) groups is 2. The maximum absolute atomic E-state index is 13.0. The average Bonchev–Trinajstić information content (AvgIpc) is 2.79. The Kier molecular flexibility index (Phi) is 11.7. The Hall–Kier alpha value is -1.76. The van der Waals surface area contributed by atoms with E-state index in [1.165, 1.54) is 11.8 Å². The summed E-state index contributed by atoms with van der Waals surface area (Å²) in [4.78, 5) is 25.5. The van der Waals surface area contributed by atoms with Gasteiger partial charge in [-0.1, -0.05) is 79.3 Å². The van der Waals surface area contributed by atoms with Crippen LogP contribution in [0, 0.1) is 5.92 Å². The highest BCUT2D eigenvalue weighted by Crippen LogP contribution is 2.20. The predicted molar refractivity (Wildman–Crippen MR) is 128 cm³/mol. The number of nitrogens with one attached hydrogen (secondary N) is 1. The molecular weight excluding hydrogens is 414 g/mol. The van der Waals surface area contributed by atoms with E-state index < -0.39 is 0 Å². The maximum atomic E-state index is 13.0. The Morgan fingerprint density at radius 3 is 2.30 bits per heavy atom. The molecule has 0 saturated heterocycles. The van der Waals surface area contributed by atoms with Gasteiger partial charge in [-0.3, -0.25) is 9.59 Å². The van der Waals surface area contributed by atoms with Crippen molar-refractivity contribution in [3.63, 3.8) is 0 Å². The Labute approximate surface area is 188 Å². The molecule has 6 heteroatoms. The predicted octanol–water partition coefficient (Wildman–Crippen LogP) is 4.43. The van der Waals surface area contributed by atoms with Crippen LogP contribution in [0.15, 0.2) is 60.7 Å². The number of carbonyl (C=O) groups excluding carboxylic acids is 2. The second kappa shape index (κ2) is 14.3. The van der Waals surface area contributed by atoms with E-state index in [1.807, 2.05) is 60.3 Å². The van der Waals surface area contributed by atoms with Gasteiger partial charge in [-0.05, 0) is 36.3 Å². The monoisotopic (exact) mass is 445 g/mol. The fraction of sp³-hybridized carbons (Fsp3) is 0.417. The van der Waals surface area contributed by atoms with Gasteiger partial charge < -0.3 is 10.4 Å². The molecule has 0 radical (unpaired) electrons. The molecule has 2 rings (SSSR count). The van der Waals surface area contributed by atoms with Crippen molar-refractivity contribution in [3.8, 4) is 0 Å². The standard InChI is InChI=1S/C24H31NO3S2/c1-2-14-29-15-13-22(17-26)25-23(27)21(16-19-9-5-3-6-10-19)18-30-24(28)20-11-7-4-8-12-20/h3-12,21-22,26H,2,13-18H2,1H3,(H,25,27)/t21-,22+/m1/s1. The molecular formula is C24H31NO3S2. The Morgan fingerprint density at radius 1 is 1.00 bits per heavy atom. The van der Waals surface area contributed by atoms with Gasteiger partial charge in [-0.15, -0.1) is 0 Å². The second-order valence-corrected chi connectivity index (χ2v) is 9.36. The Bertz CT molecular complexity index is 756. The smallest absolute Gasteiger partial charge is 0.224 e. The molecule has 0 saturated carbocycles. The highest BCUT2D eigenvalue weighted by molar-refractivity contribution is 8.14. The number of hydrogen-bond donors (Lipinski definition) is 2. The van der Waals surface area contributed by atoms with E-state index in [9.17, 15) is 14.7 Å². The highest BCUT2D eigenvalue weighted by atomic mass is 32.2. The van der Waals surface area contributed by atoms with Crippen LogP contribution in [-0.4, -0.2) is 46.0 Å². The lowest BCUT2D eigenvalue weighted by Gasteiger charge is -2.21. The van der Waals surface area contributed by atoms with Crippen LogP contribution in [-0.2, 0) is 11.2 Å². The third-order valence-corrected chi connectivity index (χ3v) is 6.93. The van der Waals surface area contributed by atoms with Gasteiger partial charge in [-0.25, -0.2) is 0 Å². The van der Waals surface area contributed by atoms with Crippen LogP contribution in [0.3, 0.4) is 0 Å². The van der Waals surface area contributed by atoms with Crippen LogP contribution in [0.5, 0.6) is 0 Å². The molecule has 30 heavy (non-hydrogen) atoms. The highest BCUT2D eigenvalue weighted by Gasteiger charge is 2.23. The number of amides is 1. The summed E-state index contributed by atoms with van der Waals surface area (Å²) in [5.74, 6) is 1.94. The van der Waals surface area contributed by atoms with E-state index in [0.717, 1.165) is 29.9 Å². The van der Waals surface area contributed by atoms with E-state index in [-0.39, 0.29) is 29.6 Å². The summed E-state index contributed by atoms with van der Waals surface area (Å²) in [6.45, 7) is 2.06. The van der Waals surface area contributed by atoms with Crippen molar-refractivity contribution in [3.05, 3.63) is 71.8 Å². The van der Waals surface area contributed by atoms with Crippen molar-refractivity contribution in [2.24, 2.45) is 5.92 Å². The SMILES string of the molecule is CCCSCC[C@@H](CO)NC(=O)[C@@H](CSC(=O)c1ccccc1)Cc1ccccc1. The molecule has 2 aromatic carbocycles. The van der Waals surface area contributed by atoms with Crippen LogP contribution < -0.4 is 5.32 Å². The molecule has 0 fully saturated rings. The van der Waals surface area contributed by atoms with Gasteiger partial charge in [0.1, 0.15) is 0 Å². The van der Waals surface area contributed by atoms with Crippen molar-refractivity contribution < 1.29 is 14.7 Å². The van der Waals surface area contributed by atoms with Gasteiger partial charge in [0.05, 0.1) is 18.6 Å². The number of aliphatic hydroxyl groups is 1. The number of rotatable bonds is 13. The molecule has 0 aliphatic carbocycles. The van der Waals surface area contributed by atoms with Gasteiger partial charge in [0, 0.05) is 11.3 Å². The van der Waals surface area contributed by atoms with Crippen LogP contribution >= 0.6 is 23.5 Å². The first-order valence-electron chi connectivity index (χ1n) is 10.4. The zero-order valence-corrected chi connectivity index (χ0v) is 19.1. The first-order chi connectivity index (χ1) is 14.6. The van der Waals surface area contributed by atoms with Crippen molar-refractivity contribution >= 4 is 34.5 Å². The summed E-state index contributed by atoms with van der Waals surface area (Å²) in [5, 5.41) is 12.7. The van der Waals surface area contributed by atoms with E-state index in [4.69, 9.17) is 0 Å². The normalized spacial score (nSPS) is 12.9. The molecule has 1 amide bonds. The minimum Gasteiger partial charge on any atom is -0.394 e. The minimum atomic E-state index is -0.345. The van der Waals surface area contributed by atoms with Crippen molar-refractivity contribution in [1.82, 2.24) is 5.32 Å². The van der Waals surface area contributed by atoms with Crippen LogP contribution in [0.4, 0.5) is 0 Å². The molecule has 0 aliphatic heterocycles.